The van der Waals surface area contributed by atoms with E-state index < -0.39 is 0 Å². The van der Waals surface area contributed by atoms with Crippen molar-refractivity contribution in [3.8, 4) is 0 Å². The van der Waals surface area contributed by atoms with Crippen LogP contribution in [0.5, 0.6) is 0 Å². The van der Waals surface area contributed by atoms with Crippen molar-refractivity contribution < 1.29 is 4.79 Å². The smallest absolute Gasteiger partial charge is 0.244 e. The van der Waals surface area contributed by atoms with Crippen LogP contribution in [0.2, 0.25) is 0 Å². The van der Waals surface area contributed by atoms with Gasteiger partial charge in [-0.2, -0.15) is 0 Å². The summed E-state index contributed by atoms with van der Waals surface area (Å²) in [4.78, 5) is 18.4. The number of nitrogens with two attached hydrogens (primary N) is 1. The molecule has 0 aromatic heterocycles. The minimum Gasteiger partial charge on any atom is -0.370 e. The lowest BCUT2D eigenvalue weighted by molar-refractivity contribution is -0.130. The van der Waals surface area contributed by atoms with Crippen LogP contribution in [0.1, 0.15) is 18.4 Å². The summed E-state index contributed by atoms with van der Waals surface area (Å²) in [5.74, 6) is 0.958. The molecule has 0 unspecified atom stereocenters. The third-order valence-electron chi connectivity index (χ3n) is 4.77. The Bertz CT molecular complexity index is 728. The maximum atomic E-state index is 12.4. The number of rotatable bonds is 5. The van der Waals surface area contributed by atoms with E-state index in [-0.39, 0.29) is 42.4 Å². The number of para-hydroxylation sites is 1. The highest BCUT2D eigenvalue weighted by atomic mass is 127. The van der Waals surface area contributed by atoms with Gasteiger partial charge < -0.3 is 16.0 Å². The summed E-state index contributed by atoms with van der Waals surface area (Å²) in [5, 5.41) is 2.99. The number of benzene rings is 2. The number of halogens is 1. The fraction of sp³-hybridized carbons (Fsp3) is 0.333. The number of anilines is 1. The molecule has 1 saturated heterocycles. The minimum atomic E-state index is 0. The molecule has 1 aliphatic heterocycles. The van der Waals surface area contributed by atoms with Crippen molar-refractivity contribution in [1.29, 1.82) is 0 Å². The van der Waals surface area contributed by atoms with Gasteiger partial charge in [0.05, 0.1) is 0 Å². The van der Waals surface area contributed by atoms with Gasteiger partial charge in [0.2, 0.25) is 5.91 Å². The average Bonchev–Trinajstić information content (AvgIpc) is 2.68. The predicted molar refractivity (Wildman–Crippen MR) is 121 cm³/mol. The van der Waals surface area contributed by atoms with E-state index in [9.17, 15) is 4.79 Å². The van der Waals surface area contributed by atoms with E-state index in [2.05, 4.69) is 34.6 Å². The second kappa shape index (κ2) is 10.9. The number of nitrogens with one attached hydrogen (secondary N) is 1. The monoisotopic (exact) mass is 478 g/mol. The number of guanidine groups is 1. The summed E-state index contributed by atoms with van der Waals surface area (Å²) < 4.78 is 0. The molecule has 1 amide bonds. The molecule has 0 radical (unpaired) electrons. The SMILES string of the molecule is I.NC(=NCC(=O)N1CCC(Cc2ccccc2)CC1)Nc1ccccc1. The molecule has 2 aromatic rings. The molecule has 27 heavy (non-hydrogen) atoms. The summed E-state index contributed by atoms with van der Waals surface area (Å²) >= 11 is 0. The highest BCUT2D eigenvalue weighted by molar-refractivity contribution is 14.0. The maximum absolute atomic E-state index is 12.4. The Kier molecular flexibility index (Phi) is 8.57. The van der Waals surface area contributed by atoms with Gasteiger partial charge in [-0.05, 0) is 42.9 Å². The van der Waals surface area contributed by atoms with Gasteiger partial charge in [0.15, 0.2) is 5.96 Å². The number of aliphatic imine (C=N–C) groups is 1. The lowest BCUT2D eigenvalue weighted by atomic mass is 9.90. The van der Waals surface area contributed by atoms with E-state index in [1.807, 2.05) is 41.3 Å². The molecule has 1 heterocycles. The van der Waals surface area contributed by atoms with Crippen LogP contribution in [0, 0.1) is 5.92 Å². The maximum Gasteiger partial charge on any atom is 0.244 e. The van der Waals surface area contributed by atoms with Gasteiger partial charge in [-0.1, -0.05) is 48.5 Å². The highest BCUT2D eigenvalue weighted by Crippen LogP contribution is 2.21. The largest absolute Gasteiger partial charge is 0.370 e. The molecule has 3 rings (SSSR count). The van der Waals surface area contributed by atoms with Gasteiger partial charge in [0.25, 0.3) is 0 Å². The zero-order valence-electron chi connectivity index (χ0n) is 15.4. The van der Waals surface area contributed by atoms with Gasteiger partial charge in [0.1, 0.15) is 6.54 Å². The molecule has 1 fully saturated rings. The van der Waals surface area contributed by atoms with Crippen LogP contribution in [0.4, 0.5) is 5.69 Å². The summed E-state index contributed by atoms with van der Waals surface area (Å²) in [6.07, 6.45) is 3.18. The number of amides is 1. The van der Waals surface area contributed by atoms with Crippen LogP contribution in [0.15, 0.2) is 65.7 Å². The van der Waals surface area contributed by atoms with Crippen molar-refractivity contribution in [1.82, 2.24) is 4.90 Å². The Morgan fingerprint density at radius 3 is 2.26 bits per heavy atom. The normalized spacial score (nSPS) is 15.1. The van der Waals surface area contributed by atoms with Crippen molar-refractivity contribution >= 4 is 41.5 Å². The minimum absolute atomic E-state index is 0. The van der Waals surface area contributed by atoms with Gasteiger partial charge in [-0.15, -0.1) is 24.0 Å². The molecule has 5 nitrogen and oxygen atoms in total. The van der Waals surface area contributed by atoms with Crippen LogP contribution in [0.25, 0.3) is 0 Å². The Labute approximate surface area is 178 Å². The standard InChI is InChI=1S/C21H26N4O.HI/c22-21(24-19-9-5-2-6-10-19)23-16-20(26)25-13-11-18(12-14-25)15-17-7-3-1-4-8-17;/h1-10,18H,11-16H2,(H3,22,23,24);1H. The van der Waals surface area contributed by atoms with Crippen molar-refractivity contribution in [2.24, 2.45) is 16.6 Å². The number of nitrogens with zero attached hydrogens (tertiary/aromatic N) is 2. The summed E-state index contributed by atoms with van der Waals surface area (Å²) in [7, 11) is 0. The van der Waals surface area contributed by atoms with Crippen molar-refractivity contribution in [3.05, 3.63) is 66.2 Å². The van der Waals surface area contributed by atoms with Crippen LogP contribution in [-0.4, -0.2) is 36.4 Å². The third-order valence-corrected chi connectivity index (χ3v) is 4.77. The van der Waals surface area contributed by atoms with Gasteiger partial charge >= 0.3 is 0 Å². The second-order valence-corrected chi connectivity index (χ2v) is 6.71. The number of likely N-dealkylation sites (tertiary alicyclic amines) is 1. The molecular weight excluding hydrogens is 451 g/mol. The fourth-order valence-electron chi connectivity index (χ4n) is 3.30. The zero-order chi connectivity index (χ0) is 18.2. The molecule has 3 N–H and O–H groups in total. The summed E-state index contributed by atoms with van der Waals surface area (Å²) in [6.45, 7) is 1.70. The predicted octanol–water partition coefficient (Wildman–Crippen LogP) is 3.51. The number of hydrogen-bond acceptors (Lipinski definition) is 2. The van der Waals surface area contributed by atoms with E-state index >= 15 is 0 Å². The van der Waals surface area contributed by atoms with Crippen LogP contribution >= 0.6 is 24.0 Å². The number of hydrogen-bond donors (Lipinski definition) is 2. The quantitative estimate of drug-likeness (QED) is 0.393. The molecule has 1 aliphatic rings. The first kappa shape index (κ1) is 21.2. The van der Waals surface area contributed by atoms with Crippen LogP contribution in [-0.2, 0) is 11.2 Å². The number of carbonyl (C=O) groups is 1. The van der Waals surface area contributed by atoms with E-state index in [0.29, 0.717) is 5.92 Å². The van der Waals surface area contributed by atoms with Crippen molar-refractivity contribution in [2.75, 3.05) is 25.0 Å². The fourth-order valence-corrected chi connectivity index (χ4v) is 3.30. The van der Waals surface area contributed by atoms with E-state index in [1.54, 1.807) is 0 Å². The van der Waals surface area contributed by atoms with E-state index in [4.69, 9.17) is 5.73 Å². The molecule has 0 saturated carbocycles. The first-order valence-corrected chi connectivity index (χ1v) is 9.14. The van der Waals surface area contributed by atoms with Crippen LogP contribution < -0.4 is 11.1 Å². The van der Waals surface area contributed by atoms with Crippen LogP contribution in [0.3, 0.4) is 0 Å². The Balaban J connectivity index is 0.00000261. The first-order valence-electron chi connectivity index (χ1n) is 9.14. The molecule has 0 atom stereocenters. The van der Waals surface area contributed by atoms with E-state index in [1.165, 1.54) is 5.56 Å². The molecule has 2 aromatic carbocycles. The topological polar surface area (TPSA) is 70.7 Å². The van der Waals surface area contributed by atoms with Crippen molar-refractivity contribution in [3.63, 3.8) is 0 Å². The molecule has 0 aliphatic carbocycles. The second-order valence-electron chi connectivity index (χ2n) is 6.71. The molecular formula is C21H27IN4O. The number of piperidine rings is 1. The van der Waals surface area contributed by atoms with E-state index in [0.717, 1.165) is 38.0 Å². The van der Waals surface area contributed by atoms with Gasteiger partial charge in [-0.3, -0.25) is 4.79 Å². The number of carbonyl (C=O) groups excluding carboxylic acids is 1. The summed E-state index contributed by atoms with van der Waals surface area (Å²) in [5.41, 5.74) is 8.10. The van der Waals surface area contributed by atoms with Gasteiger partial charge in [-0.25, -0.2) is 4.99 Å². The summed E-state index contributed by atoms with van der Waals surface area (Å²) in [6, 6.07) is 20.1. The Morgan fingerprint density at radius 1 is 1.04 bits per heavy atom. The van der Waals surface area contributed by atoms with Gasteiger partial charge in [0, 0.05) is 18.8 Å². The highest BCUT2D eigenvalue weighted by Gasteiger charge is 2.22. The third kappa shape index (κ3) is 6.86. The lowest BCUT2D eigenvalue weighted by Gasteiger charge is -2.31. The molecule has 0 spiro atoms. The Hall–Kier alpha value is -2.09. The molecule has 0 bridgehead atoms. The Morgan fingerprint density at radius 2 is 1.63 bits per heavy atom. The van der Waals surface area contributed by atoms with Crippen molar-refractivity contribution in [2.45, 2.75) is 19.3 Å². The molecule has 144 valence electrons. The average molecular weight is 478 g/mol. The lowest BCUT2D eigenvalue weighted by Crippen LogP contribution is -2.40. The zero-order valence-corrected chi connectivity index (χ0v) is 17.7. The molecule has 6 heteroatoms. The first-order chi connectivity index (χ1) is 12.7.